The number of fused-ring (bicyclic) bond motifs is 1. The lowest BCUT2D eigenvalue weighted by molar-refractivity contribution is -0.139. The number of ether oxygens (including phenoxy) is 1. The molecule has 2 aliphatic heterocycles. The molecule has 7 heteroatoms. The molecular formula is C20H29N5O2. The number of aromatic nitrogens is 2. The Morgan fingerprint density at radius 3 is 2.59 bits per heavy atom. The van der Waals surface area contributed by atoms with Crippen LogP contribution in [-0.2, 0) is 29.2 Å². The van der Waals surface area contributed by atoms with Gasteiger partial charge < -0.3 is 9.64 Å². The average molecular weight is 371 g/mol. The third-order valence-corrected chi connectivity index (χ3v) is 6.23. The number of nitriles is 1. The Morgan fingerprint density at radius 2 is 1.96 bits per heavy atom. The molecule has 1 aliphatic carbocycles. The molecule has 27 heavy (non-hydrogen) atoms. The highest BCUT2D eigenvalue weighted by Crippen LogP contribution is 2.41. The zero-order valence-corrected chi connectivity index (χ0v) is 16.4. The average Bonchev–Trinajstić information content (AvgIpc) is 3.38. The Hall–Kier alpha value is -1.91. The van der Waals surface area contributed by atoms with E-state index in [0.29, 0.717) is 25.9 Å². The number of nitrogens with zero attached hydrogens (tertiary/aromatic N) is 5. The Morgan fingerprint density at radius 1 is 1.26 bits per heavy atom. The van der Waals surface area contributed by atoms with E-state index in [2.05, 4.69) is 29.5 Å². The summed E-state index contributed by atoms with van der Waals surface area (Å²) < 4.78 is 7.53. The predicted molar refractivity (Wildman–Crippen MR) is 99.5 cm³/mol. The first kappa shape index (κ1) is 18.5. The van der Waals surface area contributed by atoms with Gasteiger partial charge in [0.05, 0.1) is 37.2 Å². The van der Waals surface area contributed by atoms with Crippen molar-refractivity contribution in [1.82, 2.24) is 19.6 Å². The SMILES string of the molecule is CC(C)n1nc(CN2CCOCC2)c2c1CN(C(=O)C1(C#N)CCCC1)C2. The van der Waals surface area contributed by atoms with Gasteiger partial charge in [0.2, 0.25) is 5.91 Å². The predicted octanol–water partition coefficient (Wildman–Crippen LogP) is 2.22. The van der Waals surface area contributed by atoms with Crippen LogP contribution in [0.4, 0.5) is 0 Å². The zero-order valence-electron chi connectivity index (χ0n) is 16.4. The Balaban J connectivity index is 1.57. The fourth-order valence-corrected chi connectivity index (χ4v) is 4.66. The second-order valence-electron chi connectivity index (χ2n) is 8.36. The molecule has 3 heterocycles. The van der Waals surface area contributed by atoms with Crippen molar-refractivity contribution in [2.24, 2.45) is 5.41 Å². The maximum absolute atomic E-state index is 13.2. The standard InChI is InChI=1S/C20H29N5O2/c1-15(2)25-18-13-24(19(26)20(14-21)5-3-4-6-20)11-16(18)17(22-25)12-23-7-9-27-10-8-23/h15H,3-13H2,1-2H3. The third-order valence-electron chi connectivity index (χ3n) is 6.23. The molecule has 146 valence electrons. The van der Waals surface area contributed by atoms with Crippen LogP contribution in [0.15, 0.2) is 0 Å². The molecule has 1 saturated heterocycles. The van der Waals surface area contributed by atoms with E-state index in [9.17, 15) is 10.1 Å². The van der Waals surface area contributed by atoms with Crippen molar-refractivity contribution in [3.8, 4) is 6.07 Å². The minimum absolute atomic E-state index is 0.0197. The van der Waals surface area contributed by atoms with Gasteiger partial charge in [-0.1, -0.05) is 12.8 Å². The number of morpholine rings is 1. The first-order chi connectivity index (χ1) is 13.0. The minimum atomic E-state index is -0.802. The van der Waals surface area contributed by atoms with E-state index in [4.69, 9.17) is 9.84 Å². The lowest BCUT2D eigenvalue weighted by Crippen LogP contribution is -2.39. The number of hydrogen-bond donors (Lipinski definition) is 0. The minimum Gasteiger partial charge on any atom is -0.379 e. The quantitative estimate of drug-likeness (QED) is 0.811. The fourth-order valence-electron chi connectivity index (χ4n) is 4.66. The monoisotopic (exact) mass is 371 g/mol. The lowest BCUT2D eigenvalue weighted by atomic mass is 9.86. The first-order valence-corrected chi connectivity index (χ1v) is 10.1. The van der Waals surface area contributed by atoms with Crippen LogP contribution < -0.4 is 0 Å². The van der Waals surface area contributed by atoms with Crippen LogP contribution >= 0.6 is 0 Å². The normalized spacial score (nSPS) is 22.2. The van der Waals surface area contributed by atoms with Crippen LogP contribution in [0.25, 0.3) is 0 Å². The van der Waals surface area contributed by atoms with E-state index < -0.39 is 5.41 Å². The summed E-state index contributed by atoms with van der Waals surface area (Å²) in [6.07, 6.45) is 3.35. The second kappa shape index (κ2) is 7.25. The molecule has 0 N–H and O–H groups in total. The molecule has 0 aromatic carbocycles. The Kier molecular flexibility index (Phi) is 4.95. The zero-order chi connectivity index (χ0) is 19.0. The molecule has 1 aromatic rings. The van der Waals surface area contributed by atoms with E-state index in [1.165, 1.54) is 5.56 Å². The van der Waals surface area contributed by atoms with Crippen molar-refractivity contribution in [3.63, 3.8) is 0 Å². The van der Waals surface area contributed by atoms with E-state index in [1.807, 2.05) is 4.90 Å². The van der Waals surface area contributed by atoms with Gasteiger partial charge >= 0.3 is 0 Å². The Bertz CT molecular complexity index is 751. The summed E-state index contributed by atoms with van der Waals surface area (Å²) in [5.74, 6) is 0.0197. The number of hydrogen-bond acceptors (Lipinski definition) is 5. The molecule has 0 bridgehead atoms. The van der Waals surface area contributed by atoms with Gasteiger partial charge in [0, 0.05) is 37.8 Å². The van der Waals surface area contributed by atoms with Gasteiger partial charge in [0.15, 0.2) is 0 Å². The highest BCUT2D eigenvalue weighted by molar-refractivity contribution is 5.86. The van der Waals surface area contributed by atoms with Crippen molar-refractivity contribution in [2.75, 3.05) is 26.3 Å². The van der Waals surface area contributed by atoms with Gasteiger partial charge in [0.25, 0.3) is 0 Å². The number of amides is 1. The van der Waals surface area contributed by atoms with Gasteiger partial charge in [-0.15, -0.1) is 0 Å². The van der Waals surface area contributed by atoms with Crippen molar-refractivity contribution in [1.29, 1.82) is 5.26 Å². The van der Waals surface area contributed by atoms with E-state index in [0.717, 1.165) is 57.1 Å². The summed E-state index contributed by atoms with van der Waals surface area (Å²) in [5, 5.41) is 14.6. The van der Waals surface area contributed by atoms with Gasteiger partial charge in [-0.05, 0) is 26.7 Å². The molecule has 1 amide bonds. The topological polar surface area (TPSA) is 74.4 Å². The summed E-state index contributed by atoms with van der Waals surface area (Å²) >= 11 is 0. The smallest absolute Gasteiger partial charge is 0.243 e. The largest absolute Gasteiger partial charge is 0.379 e. The summed E-state index contributed by atoms with van der Waals surface area (Å²) in [6.45, 7) is 9.60. The van der Waals surface area contributed by atoms with Crippen molar-refractivity contribution >= 4 is 5.91 Å². The first-order valence-electron chi connectivity index (χ1n) is 10.1. The molecule has 2 fully saturated rings. The van der Waals surface area contributed by atoms with E-state index >= 15 is 0 Å². The summed E-state index contributed by atoms with van der Waals surface area (Å²) in [4.78, 5) is 17.5. The molecule has 7 nitrogen and oxygen atoms in total. The molecule has 0 spiro atoms. The van der Waals surface area contributed by atoms with Crippen molar-refractivity contribution in [2.45, 2.75) is 65.2 Å². The van der Waals surface area contributed by atoms with E-state index in [-0.39, 0.29) is 11.9 Å². The number of carbonyl (C=O) groups is 1. The number of carbonyl (C=O) groups excluding carboxylic acids is 1. The van der Waals surface area contributed by atoms with E-state index in [1.54, 1.807) is 0 Å². The highest BCUT2D eigenvalue weighted by Gasteiger charge is 2.46. The molecular weight excluding hydrogens is 342 g/mol. The van der Waals surface area contributed by atoms with Crippen LogP contribution in [0.1, 0.15) is 62.5 Å². The van der Waals surface area contributed by atoms with Crippen molar-refractivity contribution < 1.29 is 9.53 Å². The van der Waals surface area contributed by atoms with Crippen LogP contribution in [-0.4, -0.2) is 51.8 Å². The van der Waals surface area contributed by atoms with Crippen LogP contribution in [0.5, 0.6) is 0 Å². The van der Waals surface area contributed by atoms with Gasteiger partial charge in [-0.3, -0.25) is 14.4 Å². The summed E-state index contributed by atoms with van der Waals surface area (Å²) in [5.41, 5.74) is 2.61. The lowest BCUT2D eigenvalue weighted by Gasteiger charge is -2.27. The van der Waals surface area contributed by atoms with Gasteiger partial charge in [-0.2, -0.15) is 10.4 Å². The molecule has 1 aromatic heterocycles. The molecule has 0 radical (unpaired) electrons. The highest BCUT2D eigenvalue weighted by atomic mass is 16.5. The molecule has 0 unspecified atom stereocenters. The summed E-state index contributed by atoms with van der Waals surface area (Å²) in [6, 6.07) is 2.61. The molecule has 0 atom stereocenters. The molecule has 4 rings (SSSR count). The molecule has 3 aliphatic rings. The van der Waals surface area contributed by atoms with Crippen LogP contribution in [0, 0.1) is 16.7 Å². The Labute approximate surface area is 160 Å². The third kappa shape index (κ3) is 3.26. The summed E-state index contributed by atoms with van der Waals surface area (Å²) in [7, 11) is 0. The van der Waals surface area contributed by atoms with Gasteiger partial charge in [0.1, 0.15) is 5.41 Å². The molecule has 1 saturated carbocycles. The maximum atomic E-state index is 13.2. The maximum Gasteiger partial charge on any atom is 0.243 e. The number of rotatable bonds is 4. The van der Waals surface area contributed by atoms with Gasteiger partial charge in [-0.25, -0.2) is 0 Å². The fraction of sp³-hybridized carbons (Fsp3) is 0.750. The second-order valence-corrected chi connectivity index (χ2v) is 8.36. The van der Waals surface area contributed by atoms with Crippen LogP contribution in [0.2, 0.25) is 0 Å². The van der Waals surface area contributed by atoms with Crippen LogP contribution in [0.3, 0.4) is 0 Å². The van der Waals surface area contributed by atoms with Crippen molar-refractivity contribution in [3.05, 3.63) is 17.0 Å².